The van der Waals surface area contributed by atoms with Crippen molar-refractivity contribution < 1.29 is 29.0 Å². The van der Waals surface area contributed by atoms with Crippen molar-refractivity contribution in [2.24, 2.45) is 50.7 Å². The van der Waals surface area contributed by atoms with Gasteiger partial charge in [0.05, 0.1) is 22.9 Å². The Morgan fingerprint density at radius 2 is 1.72 bits per heavy atom. The molecule has 1 heterocycles. The minimum atomic E-state index is -1.17. The molecule has 4 fully saturated rings. The zero-order valence-electron chi connectivity index (χ0n) is 32.1. The van der Waals surface area contributed by atoms with Gasteiger partial charge in [0.2, 0.25) is 0 Å². The van der Waals surface area contributed by atoms with Gasteiger partial charge in [0.15, 0.2) is 0 Å². The number of nitrogens with zero attached hydrogens (tertiary/aromatic N) is 1. The highest BCUT2D eigenvalue weighted by molar-refractivity contribution is 5.99. The number of ketones is 1. The summed E-state index contributed by atoms with van der Waals surface area (Å²) in [6.45, 7) is 21.4. The molecule has 274 valence electrons. The molecule has 0 aromatic carbocycles. The molecule has 0 spiro atoms. The van der Waals surface area contributed by atoms with Gasteiger partial charge in [-0.3, -0.25) is 24.2 Å². The minimum Gasteiger partial charge on any atom is -0.481 e. The second-order valence-electron chi connectivity index (χ2n) is 19.1. The maximum Gasteiger partial charge on any atom is 0.309 e. The summed E-state index contributed by atoms with van der Waals surface area (Å²) in [4.78, 5) is 56.9. The van der Waals surface area contributed by atoms with E-state index in [4.69, 9.17) is 4.74 Å². The number of carboxylic acid groups (broad SMARTS) is 1. The zero-order valence-corrected chi connectivity index (χ0v) is 32.1. The van der Waals surface area contributed by atoms with Gasteiger partial charge in [-0.05, 0) is 123 Å². The number of fused-ring (bicyclic) bond motifs is 6. The van der Waals surface area contributed by atoms with E-state index in [2.05, 4.69) is 58.8 Å². The van der Waals surface area contributed by atoms with Crippen molar-refractivity contribution in [3.05, 3.63) is 40.7 Å². The molecular weight excluding hydrogens is 628 g/mol. The standard InChI is InChI=1S/C42H60N2O6/c1-24(2)33-28(45)21-42(44-35(47)26-23-43-20-15-25(26)3)19-18-40(9)27(34(33)42)11-12-30-39(8)16-14-31(50-32(46)22-37(4,5)36(48)49)38(6,7)29(39)13-17-41(30,40)10/h15,20,23-24,29-31,33H,11-14,16-19,21-22H2,1-10H3,(H,44,47)(H,48,49)/t29-,30+,31-,33?,39-,40+,41+,42+/m0/s1. The predicted molar refractivity (Wildman–Crippen MR) is 192 cm³/mol. The number of nitrogens with one attached hydrogen (secondary N) is 1. The number of ether oxygens (including phenoxy) is 1. The normalized spacial score (nSPS) is 37.7. The van der Waals surface area contributed by atoms with Gasteiger partial charge in [-0.2, -0.15) is 0 Å². The third kappa shape index (κ3) is 5.31. The number of allylic oxidation sites excluding steroid dienone is 1. The first-order chi connectivity index (χ1) is 23.1. The summed E-state index contributed by atoms with van der Waals surface area (Å²) in [7, 11) is 0. The molecule has 1 aromatic rings. The summed E-state index contributed by atoms with van der Waals surface area (Å²) in [5, 5.41) is 13.1. The number of Topliss-reactive ketones (excluding diaryl/α,β-unsaturated/α-hetero) is 1. The summed E-state index contributed by atoms with van der Waals surface area (Å²) in [5.74, 6) is -0.557. The van der Waals surface area contributed by atoms with Crippen LogP contribution in [0.5, 0.6) is 0 Å². The molecule has 0 bridgehead atoms. The van der Waals surface area contributed by atoms with E-state index >= 15 is 0 Å². The lowest BCUT2D eigenvalue weighted by Crippen LogP contribution is -2.65. The number of pyridine rings is 1. The Labute approximate surface area is 299 Å². The summed E-state index contributed by atoms with van der Waals surface area (Å²) < 4.78 is 6.15. The largest absolute Gasteiger partial charge is 0.481 e. The van der Waals surface area contributed by atoms with E-state index < -0.39 is 22.9 Å². The quantitative estimate of drug-likeness (QED) is 0.218. The van der Waals surface area contributed by atoms with Gasteiger partial charge >= 0.3 is 11.9 Å². The van der Waals surface area contributed by atoms with Crippen LogP contribution in [0.1, 0.15) is 142 Å². The van der Waals surface area contributed by atoms with E-state index in [0.29, 0.717) is 23.8 Å². The van der Waals surface area contributed by atoms with E-state index in [9.17, 15) is 24.3 Å². The van der Waals surface area contributed by atoms with Gasteiger partial charge < -0.3 is 15.2 Å². The average Bonchev–Trinajstić information content (AvgIpc) is 3.30. The smallest absolute Gasteiger partial charge is 0.309 e. The van der Waals surface area contributed by atoms with Crippen LogP contribution in [0.2, 0.25) is 0 Å². The fourth-order valence-electron chi connectivity index (χ4n) is 12.5. The van der Waals surface area contributed by atoms with E-state index in [0.717, 1.165) is 56.9 Å². The van der Waals surface area contributed by atoms with Crippen molar-refractivity contribution in [2.45, 2.75) is 145 Å². The minimum absolute atomic E-state index is 0.00716. The summed E-state index contributed by atoms with van der Waals surface area (Å²) in [5.41, 5.74) is 1.95. The predicted octanol–water partition coefficient (Wildman–Crippen LogP) is 8.27. The molecule has 0 saturated heterocycles. The Morgan fingerprint density at radius 1 is 1.02 bits per heavy atom. The molecule has 1 amide bonds. The van der Waals surface area contributed by atoms with Crippen molar-refractivity contribution >= 4 is 23.6 Å². The monoisotopic (exact) mass is 688 g/mol. The van der Waals surface area contributed by atoms with Gasteiger partial charge in [0.25, 0.3) is 5.91 Å². The fraction of sp³-hybridized carbons (Fsp3) is 0.738. The van der Waals surface area contributed by atoms with E-state index in [1.165, 1.54) is 11.1 Å². The molecule has 8 atom stereocenters. The van der Waals surface area contributed by atoms with Gasteiger partial charge in [-0.15, -0.1) is 0 Å². The Bertz CT molecular complexity index is 1640. The number of aliphatic carboxylic acids is 1. The molecule has 8 nitrogen and oxygen atoms in total. The highest BCUT2D eigenvalue weighted by Crippen LogP contribution is 2.75. The molecule has 50 heavy (non-hydrogen) atoms. The molecule has 8 heteroatoms. The van der Waals surface area contributed by atoms with Crippen molar-refractivity contribution in [1.29, 1.82) is 0 Å². The van der Waals surface area contributed by atoms with Gasteiger partial charge in [-0.25, -0.2) is 0 Å². The number of carbonyl (C=O) groups excluding carboxylic acids is 3. The molecule has 2 N–H and O–H groups in total. The number of aromatic nitrogens is 1. The Balaban J connectivity index is 1.33. The highest BCUT2D eigenvalue weighted by Gasteiger charge is 2.69. The average molecular weight is 689 g/mol. The van der Waals surface area contributed by atoms with Crippen molar-refractivity contribution in [2.75, 3.05) is 0 Å². The highest BCUT2D eigenvalue weighted by atomic mass is 16.5. The number of hydrogen-bond donors (Lipinski definition) is 2. The third-order valence-electron chi connectivity index (χ3n) is 15.4. The van der Waals surface area contributed by atoms with Crippen LogP contribution in [0.25, 0.3) is 0 Å². The van der Waals surface area contributed by atoms with Crippen LogP contribution < -0.4 is 5.32 Å². The summed E-state index contributed by atoms with van der Waals surface area (Å²) in [6, 6.07) is 1.86. The molecule has 5 aliphatic rings. The lowest BCUT2D eigenvalue weighted by molar-refractivity contribution is -0.214. The van der Waals surface area contributed by atoms with Crippen molar-refractivity contribution in [3.8, 4) is 0 Å². The SMILES string of the molecule is Cc1ccncc1C(=O)N[C@@]12CC[C@]3(C)C(=C1C(C(C)C)C(=O)C2)CC[C@@H]1[C@@]2(C)CC[C@H](OC(=O)CC(C)(C)C(=O)O)C(C)(C)[C@@H]2CC[C@]13C. The lowest BCUT2D eigenvalue weighted by Gasteiger charge is -2.70. The molecular formula is C42H60N2O6. The maximum atomic E-state index is 14.0. The molecule has 0 aliphatic heterocycles. The van der Waals surface area contributed by atoms with Crippen LogP contribution in [0, 0.1) is 57.7 Å². The number of rotatable bonds is 7. The van der Waals surface area contributed by atoms with E-state index in [1.807, 2.05) is 13.0 Å². The number of hydrogen-bond acceptors (Lipinski definition) is 6. The first-order valence-corrected chi connectivity index (χ1v) is 19.1. The summed E-state index contributed by atoms with van der Waals surface area (Å²) >= 11 is 0. The number of carbonyl (C=O) groups is 4. The second kappa shape index (κ2) is 12.0. The summed E-state index contributed by atoms with van der Waals surface area (Å²) in [6.07, 6.45) is 10.7. The van der Waals surface area contributed by atoms with Crippen LogP contribution in [0.15, 0.2) is 29.6 Å². The molecule has 5 aliphatic carbocycles. The van der Waals surface area contributed by atoms with Crippen LogP contribution in [0.3, 0.4) is 0 Å². The van der Waals surface area contributed by atoms with Gasteiger partial charge in [0.1, 0.15) is 11.9 Å². The number of carboxylic acids is 1. The lowest BCUT2D eigenvalue weighted by atomic mass is 9.34. The van der Waals surface area contributed by atoms with Crippen molar-refractivity contribution in [1.82, 2.24) is 10.3 Å². The molecule has 4 saturated carbocycles. The van der Waals surface area contributed by atoms with E-state index in [-0.39, 0.29) is 57.7 Å². The number of amides is 1. The molecule has 1 aromatic heterocycles. The second-order valence-corrected chi connectivity index (χ2v) is 19.1. The van der Waals surface area contributed by atoms with Crippen LogP contribution in [-0.2, 0) is 19.1 Å². The van der Waals surface area contributed by atoms with Crippen molar-refractivity contribution in [3.63, 3.8) is 0 Å². The third-order valence-corrected chi connectivity index (χ3v) is 15.4. The van der Waals surface area contributed by atoms with Gasteiger partial charge in [0, 0.05) is 30.1 Å². The first-order valence-electron chi connectivity index (χ1n) is 19.1. The molecule has 6 rings (SSSR count). The van der Waals surface area contributed by atoms with Crippen LogP contribution in [-0.4, -0.2) is 45.4 Å². The van der Waals surface area contributed by atoms with Crippen LogP contribution in [0.4, 0.5) is 0 Å². The maximum absolute atomic E-state index is 14.0. The Morgan fingerprint density at radius 3 is 2.36 bits per heavy atom. The first kappa shape index (κ1) is 36.8. The van der Waals surface area contributed by atoms with E-state index in [1.54, 1.807) is 26.2 Å². The Kier molecular flexibility index (Phi) is 8.83. The zero-order chi connectivity index (χ0) is 36.8. The molecule has 0 radical (unpaired) electrons. The van der Waals surface area contributed by atoms with Crippen LogP contribution >= 0.6 is 0 Å². The number of aryl methyl sites for hydroxylation is 1. The topological polar surface area (TPSA) is 123 Å². The fourth-order valence-corrected chi connectivity index (χ4v) is 12.5. The Hall–Kier alpha value is -3.03. The van der Waals surface area contributed by atoms with Gasteiger partial charge in [-0.1, -0.05) is 54.0 Å². The number of esters is 1. The molecule has 1 unspecified atom stereocenters.